The molecule has 0 spiro atoms. The maximum absolute atomic E-state index is 10.6. The van der Waals surface area contributed by atoms with Crippen LogP contribution in [0.3, 0.4) is 0 Å². The van der Waals surface area contributed by atoms with Crippen LogP contribution in [0.5, 0.6) is 0 Å². The first-order chi connectivity index (χ1) is 4.30. The second-order valence-corrected chi connectivity index (χ2v) is 2.03. The van der Waals surface area contributed by atoms with Crippen molar-refractivity contribution in [2.24, 2.45) is 5.16 Å². The normalized spacial score (nSPS) is 18.1. The van der Waals surface area contributed by atoms with Crippen LogP contribution >= 0.6 is 0 Å². The molecule has 0 aromatic rings. The molecule has 3 heteroatoms. The Morgan fingerprint density at radius 3 is 2.89 bits per heavy atom. The summed E-state index contributed by atoms with van der Waals surface area (Å²) in [5, 5.41) is 3.60. The van der Waals surface area contributed by atoms with E-state index in [1.165, 1.54) is 6.92 Å². The topological polar surface area (TPSA) is 38.7 Å². The van der Waals surface area contributed by atoms with E-state index in [4.69, 9.17) is 4.84 Å². The number of oxime groups is 1. The Hall–Kier alpha value is -0.860. The molecule has 0 aliphatic carbocycles. The standard InChI is InChI=1S/C6H9NO2/c1-5(8)6-3-2-4-9-7-6/h2-4H2,1H3. The fraction of sp³-hybridized carbons (Fsp3) is 0.667. The zero-order chi connectivity index (χ0) is 6.69. The minimum atomic E-state index is 0.0229. The Bertz CT molecular complexity index is 151. The lowest BCUT2D eigenvalue weighted by Gasteiger charge is -2.07. The lowest BCUT2D eigenvalue weighted by molar-refractivity contribution is -0.111. The van der Waals surface area contributed by atoms with Crippen LogP contribution in [0.25, 0.3) is 0 Å². The van der Waals surface area contributed by atoms with E-state index in [9.17, 15) is 4.79 Å². The Labute approximate surface area is 53.7 Å². The van der Waals surface area contributed by atoms with Crippen LogP contribution in [-0.2, 0) is 9.63 Å². The van der Waals surface area contributed by atoms with Crippen LogP contribution in [0.4, 0.5) is 0 Å². The van der Waals surface area contributed by atoms with Crippen LogP contribution < -0.4 is 0 Å². The number of hydrogen-bond acceptors (Lipinski definition) is 3. The summed E-state index contributed by atoms with van der Waals surface area (Å²) in [5.41, 5.74) is 0.571. The largest absolute Gasteiger partial charge is 0.395 e. The quantitative estimate of drug-likeness (QED) is 0.521. The second-order valence-electron chi connectivity index (χ2n) is 2.03. The molecule has 1 rings (SSSR count). The molecule has 3 nitrogen and oxygen atoms in total. The third-order valence-corrected chi connectivity index (χ3v) is 1.23. The number of nitrogens with zero attached hydrogens (tertiary/aromatic N) is 1. The third-order valence-electron chi connectivity index (χ3n) is 1.23. The van der Waals surface area contributed by atoms with Gasteiger partial charge in [0.25, 0.3) is 0 Å². The molecular weight excluding hydrogens is 118 g/mol. The third kappa shape index (κ3) is 1.52. The van der Waals surface area contributed by atoms with E-state index in [2.05, 4.69) is 5.16 Å². The highest BCUT2D eigenvalue weighted by molar-refractivity contribution is 6.38. The highest BCUT2D eigenvalue weighted by atomic mass is 16.6. The molecule has 0 fully saturated rings. The van der Waals surface area contributed by atoms with Crippen molar-refractivity contribution in [2.45, 2.75) is 19.8 Å². The average molecular weight is 127 g/mol. The number of hydrogen-bond donors (Lipinski definition) is 0. The molecule has 50 valence electrons. The van der Waals surface area contributed by atoms with Gasteiger partial charge in [-0.15, -0.1) is 0 Å². The van der Waals surface area contributed by atoms with Gasteiger partial charge in [-0.3, -0.25) is 4.79 Å². The molecule has 0 radical (unpaired) electrons. The van der Waals surface area contributed by atoms with Gasteiger partial charge in [0, 0.05) is 6.92 Å². The van der Waals surface area contributed by atoms with E-state index in [1.807, 2.05) is 0 Å². The van der Waals surface area contributed by atoms with Gasteiger partial charge in [-0.1, -0.05) is 5.16 Å². The summed E-state index contributed by atoms with van der Waals surface area (Å²) in [5.74, 6) is 0.0229. The fourth-order valence-corrected chi connectivity index (χ4v) is 0.714. The van der Waals surface area contributed by atoms with Crippen molar-refractivity contribution in [3.63, 3.8) is 0 Å². The van der Waals surface area contributed by atoms with Crippen LogP contribution in [-0.4, -0.2) is 18.1 Å². The van der Waals surface area contributed by atoms with E-state index in [0.29, 0.717) is 12.3 Å². The van der Waals surface area contributed by atoms with Gasteiger partial charge in [-0.2, -0.15) is 0 Å². The maximum atomic E-state index is 10.6. The summed E-state index contributed by atoms with van der Waals surface area (Å²) >= 11 is 0. The molecule has 1 aliphatic rings. The predicted octanol–water partition coefficient (Wildman–Crippen LogP) is 0.742. The van der Waals surface area contributed by atoms with E-state index in [1.54, 1.807) is 0 Å². The summed E-state index contributed by atoms with van der Waals surface area (Å²) in [7, 11) is 0. The van der Waals surface area contributed by atoms with Crippen molar-refractivity contribution in [2.75, 3.05) is 6.61 Å². The van der Waals surface area contributed by atoms with Crippen molar-refractivity contribution in [1.82, 2.24) is 0 Å². The molecule has 9 heavy (non-hydrogen) atoms. The number of carbonyl (C=O) groups is 1. The van der Waals surface area contributed by atoms with Gasteiger partial charge in [0.2, 0.25) is 0 Å². The minimum absolute atomic E-state index is 0.0229. The van der Waals surface area contributed by atoms with E-state index < -0.39 is 0 Å². The maximum Gasteiger partial charge on any atom is 0.177 e. The molecule has 0 bridgehead atoms. The second kappa shape index (κ2) is 2.62. The van der Waals surface area contributed by atoms with Crippen LogP contribution in [0.2, 0.25) is 0 Å². The highest BCUT2D eigenvalue weighted by Crippen LogP contribution is 2.02. The average Bonchev–Trinajstić information content (AvgIpc) is 1.90. The van der Waals surface area contributed by atoms with Crippen LogP contribution in [0.15, 0.2) is 5.16 Å². The molecule has 0 aromatic carbocycles. The fourth-order valence-electron chi connectivity index (χ4n) is 0.714. The predicted molar refractivity (Wildman–Crippen MR) is 33.3 cm³/mol. The molecule has 1 aliphatic heterocycles. The van der Waals surface area contributed by atoms with Gasteiger partial charge >= 0.3 is 0 Å². The van der Waals surface area contributed by atoms with Crippen molar-refractivity contribution < 1.29 is 9.63 Å². The van der Waals surface area contributed by atoms with Gasteiger partial charge in [0.15, 0.2) is 5.78 Å². The van der Waals surface area contributed by atoms with Crippen molar-refractivity contribution >= 4 is 11.5 Å². The molecule has 0 saturated heterocycles. The van der Waals surface area contributed by atoms with Crippen molar-refractivity contribution in [1.29, 1.82) is 0 Å². The summed E-state index contributed by atoms with van der Waals surface area (Å²) in [6.07, 6.45) is 1.69. The summed E-state index contributed by atoms with van der Waals surface area (Å²) in [6.45, 7) is 2.16. The first kappa shape index (κ1) is 6.26. The number of carbonyl (C=O) groups excluding carboxylic acids is 1. The number of ketones is 1. The van der Waals surface area contributed by atoms with Crippen LogP contribution in [0, 0.1) is 0 Å². The molecule has 1 heterocycles. The highest BCUT2D eigenvalue weighted by Gasteiger charge is 2.09. The van der Waals surface area contributed by atoms with Gasteiger partial charge in [-0.25, -0.2) is 0 Å². The Kier molecular flexibility index (Phi) is 1.82. The minimum Gasteiger partial charge on any atom is -0.395 e. The Morgan fingerprint density at radius 1 is 1.78 bits per heavy atom. The first-order valence-corrected chi connectivity index (χ1v) is 3.00. The van der Waals surface area contributed by atoms with Gasteiger partial charge in [0.1, 0.15) is 12.3 Å². The Morgan fingerprint density at radius 2 is 2.56 bits per heavy atom. The number of Topliss-reactive ketones (excluding diaryl/α,β-unsaturated/α-hetero) is 1. The van der Waals surface area contributed by atoms with E-state index in [-0.39, 0.29) is 5.78 Å². The molecule has 0 unspecified atom stereocenters. The summed E-state index contributed by atoms with van der Waals surface area (Å²) in [4.78, 5) is 15.3. The lowest BCUT2D eigenvalue weighted by atomic mass is 10.1. The van der Waals surface area contributed by atoms with Crippen molar-refractivity contribution in [3.05, 3.63) is 0 Å². The smallest absolute Gasteiger partial charge is 0.177 e. The summed E-state index contributed by atoms with van der Waals surface area (Å²) < 4.78 is 0. The number of rotatable bonds is 1. The molecular formula is C6H9NO2. The van der Waals surface area contributed by atoms with E-state index in [0.717, 1.165) is 12.8 Å². The summed E-state index contributed by atoms with van der Waals surface area (Å²) in [6, 6.07) is 0. The molecule has 0 saturated carbocycles. The van der Waals surface area contributed by atoms with Gasteiger partial charge < -0.3 is 4.84 Å². The van der Waals surface area contributed by atoms with Gasteiger partial charge in [-0.05, 0) is 12.8 Å². The van der Waals surface area contributed by atoms with Gasteiger partial charge in [0.05, 0.1) is 0 Å². The molecule has 0 atom stereocenters. The molecule has 0 N–H and O–H groups in total. The van der Waals surface area contributed by atoms with Crippen LogP contribution in [0.1, 0.15) is 19.8 Å². The lowest BCUT2D eigenvalue weighted by Crippen LogP contribution is -2.15. The molecule has 0 aromatic heterocycles. The zero-order valence-electron chi connectivity index (χ0n) is 5.39. The molecule has 0 amide bonds. The zero-order valence-corrected chi connectivity index (χ0v) is 5.39. The Balaban J connectivity index is 2.57. The monoisotopic (exact) mass is 127 g/mol. The SMILES string of the molecule is CC(=O)C1=NOCCC1. The van der Waals surface area contributed by atoms with E-state index >= 15 is 0 Å². The first-order valence-electron chi connectivity index (χ1n) is 3.00. The van der Waals surface area contributed by atoms with Crippen molar-refractivity contribution in [3.8, 4) is 0 Å².